The molecule has 0 aliphatic rings. The number of sulfone groups is 1. The molecule has 1 aromatic carbocycles. The van der Waals surface area contributed by atoms with Crippen LogP contribution in [-0.2, 0) is 9.84 Å². The van der Waals surface area contributed by atoms with Gasteiger partial charge in [-0.1, -0.05) is 11.6 Å². The summed E-state index contributed by atoms with van der Waals surface area (Å²) in [6.45, 7) is 0. The first-order chi connectivity index (χ1) is 8.47. The first kappa shape index (κ1) is 12.9. The lowest BCUT2D eigenvalue weighted by Gasteiger charge is -2.07. The summed E-state index contributed by atoms with van der Waals surface area (Å²) in [6.07, 6.45) is 2.71. The zero-order chi connectivity index (χ0) is 13.2. The largest absolute Gasteiger partial charge is 0.454 e. The average molecular weight is 284 g/mol. The van der Waals surface area contributed by atoms with E-state index in [2.05, 4.69) is 4.98 Å². The van der Waals surface area contributed by atoms with E-state index in [0.29, 0.717) is 11.5 Å². The lowest BCUT2D eigenvalue weighted by Crippen LogP contribution is -1.96. The molecule has 0 unspecified atom stereocenters. The summed E-state index contributed by atoms with van der Waals surface area (Å²) in [7, 11) is -3.19. The fourth-order valence-electron chi connectivity index (χ4n) is 1.33. The number of pyridine rings is 1. The van der Waals surface area contributed by atoms with E-state index < -0.39 is 9.84 Å². The van der Waals surface area contributed by atoms with E-state index >= 15 is 0 Å². The molecular weight excluding hydrogens is 274 g/mol. The van der Waals surface area contributed by atoms with Crippen LogP contribution >= 0.6 is 11.6 Å². The fraction of sp³-hybridized carbons (Fsp3) is 0.0833. The third kappa shape index (κ3) is 3.00. The normalized spacial score (nSPS) is 11.2. The second-order valence-electron chi connectivity index (χ2n) is 3.64. The number of rotatable bonds is 3. The van der Waals surface area contributed by atoms with Crippen LogP contribution in [-0.4, -0.2) is 19.7 Å². The lowest BCUT2D eigenvalue weighted by molar-refractivity contribution is 0.480. The van der Waals surface area contributed by atoms with Gasteiger partial charge in [0.2, 0.25) is 0 Å². The molecule has 4 nitrogen and oxygen atoms in total. The SMILES string of the molecule is CS(=O)(=O)c1ccc(Oc2cccnc2Cl)cc1. The van der Waals surface area contributed by atoms with Gasteiger partial charge in [-0.3, -0.25) is 0 Å². The quantitative estimate of drug-likeness (QED) is 0.813. The van der Waals surface area contributed by atoms with Crippen LogP contribution < -0.4 is 4.74 Å². The van der Waals surface area contributed by atoms with Gasteiger partial charge in [-0.25, -0.2) is 13.4 Å². The van der Waals surface area contributed by atoms with E-state index in [1.54, 1.807) is 30.5 Å². The maximum Gasteiger partial charge on any atom is 0.175 e. The smallest absolute Gasteiger partial charge is 0.175 e. The molecule has 0 N–H and O–H groups in total. The molecule has 0 aliphatic carbocycles. The van der Waals surface area contributed by atoms with E-state index in [-0.39, 0.29) is 10.0 Å². The Bertz CT molecular complexity index is 653. The molecule has 18 heavy (non-hydrogen) atoms. The van der Waals surface area contributed by atoms with E-state index in [9.17, 15) is 8.42 Å². The highest BCUT2D eigenvalue weighted by Crippen LogP contribution is 2.27. The van der Waals surface area contributed by atoms with Gasteiger partial charge in [0.15, 0.2) is 20.7 Å². The molecule has 0 bridgehead atoms. The molecule has 6 heteroatoms. The standard InChI is InChI=1S/C12H10ClNO3S/c1-18(15,16)10-6-4-9(5-7-10)17-11-3-2-8-14-12(11)13/h2-8H,1H3. The van der Waals surface area contributed by atoms with Crippen LogP contribution in [0.15, 0.2) is 47.5 Å². The zero-order valence-electron chi connectivity index (χ0n) is 9.50. The molecule has 0 atom stereocenters. The number of hydrogen-bond donors (Lipinski definition) is 0. The molecule has 0 amide bonds. The van der Waals surface area contributed by atoms with Crippen LogP contribution in [0.5, 0.6) is 11.5 Å². The van der Waals surface area contributed by atoms with Crippen molar-refractivity contribution in [2.24, 2.45) is 0 Å². The summed E-state index contributed by atoms with van der Waals surface area (Å²) in [4.78, 5) is 4.12. The minimum Gasteiger partial charge on any atom is -0.454 e. The van der Waals surface area contributed by atoms with E-state index in [4.69, 9.17) is 16.3 Å². The average Bonchev–Trinajstić information content (AvgIpc) is 2.32. The van der Waals surface area contributed by atoms with Gasteiger partial charge in [0, 0.05) is 12.5 Å². The highest BCUT2D eigenvalue weighted by molar-refractivity contribution is 7.90. The molecule has 2 aromatic rings. The van der Waals surface area contributed by atoms with Crippen LogP contribution in [0.3, 0.4) is 0 Å². The summed E-state index contributed by atoms with van der Waals surface area (Å²) in [5, 5.41) is 0.254. The Hall–Kier alpha value is -1.59. The predicted molar refractivity (Wildman–Crippen MR) is 68.9 cm³/mol. The maximum atomic E-state index is 11.3. The van der Waals surface area contributed by atoms with E-state index in [1.807, 2.05) is 0 Å². The van der Waals surface area contributed by atoms with Crippen molar-refractivity contribution < 1.29 is 13.2 Å². The number of aromatic nitrogens is 1. The van der Waals surface area contributed by atoms with Crippen molar-refractivity contribution in [1.29, 1.82) is 0 Å². The third-order valence-electron chi connectivity index (χ3n) is 2.20. The molecule has 0 aliphatic heterocycles. The summed E-state index contributed by atoms with van der Waals surface area (Å²) < 4.78 is 28.1. The van der Waals surface area contributed by atoms with Crippen LogP contribution in [0.1, 0.15) is 0 Å². The number of benzene rings is 1. The topological polar surface area (TPSA) is 56.3 Å². The fourth-order valence-corrected chi connectivity index (χ4v) is 2.12. The highest BCUT2D eigenvalue weighted by atomic mass is 35.5. The monoisotopic (exact) mass is 283 g/mol. The van der Waals surface area contributed by atoms with Crippen molar-refractivity contribution in [2.45, 2.75) is 4.90 Å². The Balaban J connectivity index is 2.24. The summed E-state index contributed by atoms with van der Waals surface area (Å²) in [5.74, 6) is 0.920. The van der Waals surface area contributed by atoms with Gasteiger partial charge >= 0.3 is 0 Å². The molecule has 0 saturated carbocycles. The molecule has 2 rings (SSSR count). The molecule has 1 aromatic heterocycles. The Morgan fingerprint density at radius 3 is 2.39 bits per heavy atom. The van der Waals surface area contributed by atoms with Crippen molar-refractivity contribution in [2.75, 3.05) is 6.26 Å². The molecule has 1 heterocycles. The van der Waals surface area contributed by atoms with Crippen molar-refractivity contribution in [3.05, 3.63) is 47.7 Å². The first-order valence-electron chi connectivity index (χ1n) is 5.05. The van der Waals surface area contributed by atoms with Crippen molar-refractivity contribution in [1.82, 2.24) is 4.98 Å². The molecular formula is C12H10ClNO3S. The van der Waals surface area contributed by atoms with Gasteiger partial charge in [-0.2, -0.15) is 0 Å². The minimum absolute atomic E-state index is 0.243. The number of halogens is 1. The molecule has 0 saturated heterocycles. The minimum atomic E-state index is -3.19. The van der Waals surface area contributed by atoms with Gasteiger partial charge in [0.1, 0.15) is 5.75 Å². The second kappa shape index (κ2) is 4.96. The third-order valence-corrected chi connectivity index (χ3v) is 3.62. The van der Waals surface area contributed by atoms with E-state index in [1.165, 1.54) is 12.1 Å². The summed E-state index contributed by atoms with van der Waals surface area (Å²) in [6, 6.07) is 9.48. The van der Waals surface area contributed by atoms with Gasteiger partial charge in [0.05, 0.1) is 4.90 Å². The Morgan fingerprint density at radius 2 is 1.83 bits per heavy atom. The van der Waals surface area contributed by atoms with Gasteiger partial charge < -0.3 is 4.74 Å². The number of ether oxygens (including phenoxy) is 1. The van der Waals surface area contributed by atoms with E-state index in [0.717, 1.165) is 6.26 Å². The Kier molecular flexibility index (Phi) is 3.54. The highest BCUT2D eigenvalue weighted by Gasteiger charge is 2.07. The van der Waals surface area contributed by atoms with Crippen LogP contribution in [0.25, 0.3) is 0 Å². The first-order valence-corrected chi connectivity index (χ1v) is 7.32. The second-order valence-corrected chi connectivity index (χ2v) is 6.01. The number of nitrogens with zero attached hydrogens (tertiary/aromatic N) is 1. The van der Waals surface area contributed by atoms with Crippen LogP contribution in [0.4, 0.5) is 0 Å². The van der Waals surface area contributed by atoms with Gasteiger partial charge in [0.25, 0.3) is 0 Å². The lowest BCUT2D eigenvalue weighted by atomic mass is 10.3. The van der Waals surface area contributed by atoms with Crippen molar-refractivity contribution >= 4 is 21.4 Å². The Morgan fingerprint density at radius 1 is 1.17 bits per heavy atom. The molecule has 0 spiro atoms. The molecule has 94 valence electrons. The summed E-state index contributed by atoms with van der Waals surface area (Å²) >= 11 is 5.85. The van der Waals surface area contributed by atoms with Crippen LogP contribution in [0.2, 0.25) is 5.15 Å². The summed E-state index contributed by atoms with van der Waals surface area (Å²) in [5.41, 5.74) is 0. The zero-order valence-corrected chi connectivity index (χ0v) is 11.1. The number of hydrogen-bond acceptors (Lipinski definition) is 4. The van der Waals surface area contributed by atoms with Crippen molar-refractivity contribution in [3.63, 3.8) is 0 Å². The van der Waals surface area contributed by atoms with Gasteiger partial charge in [-0.05, 0) is 36.4 Å². The van der Waals surface area contributed by atoms with Crippen molar-refractivity contribution in [3.8, 4) is 11.5 Å². The molecule has 0 fully saturated rings. The molecule has 0 radical (unpaired) electrons. The van der Waals surface area contributed by atoms with Gasteiger partial charge in [-0.15, -0.1) is 0 Å². The Labute approximate surface area is 110 Å². The maximum absolute atomic E-state index is 11.3. The van der Waals surface area contributed by atoms with Crippen LogP contribution in [0, 0.1) is 0 Å². The predicted octanol–water partition coefficient (Wildman–Crippen LogP) is 2.93.